The lowest BCUT2D eigenvalue weighted by Gasteiger charge is -2.44. The largest absolute Gasteiger partial charge is 0.310 e. The fourth-order valence-corrected chi connectivity index (χ4v) is 7.04. The van der Waals surface area contributed by atoms with Gasteiger partial charge >= 0.3 is 0 Å². The Morgan fingerprint density at radius 1 is 0.442 bits per heavy atom. The lowest BCUT2D eigenvalue weighted by Crippen LogP contribution is -2.74. The van der Waals surface area contributed by atoms with Crippen molar-refractivity contribution in [2.75, 3.05) is 6.54 Å². The minimum absolute atomic E-state index is 1.05. The molecule has 2 aliphatic rings. The minimum atomic E-state index is -1.22. The molecule has 4 aromatic rings. The third-order valence-electron chi connectivity index (χ3n) is 9.28. The Balaban J connectivity index is 0.000000181. The molecule has 0 saturated carbocycles. The van der Waals surface area contributed by atoms with Crippen molar-refractivity contribution in [3.8, 4) is 0 Å². The van der Waals surface area contributed by atoms with Crippen LogP contribution in [0.3, 0.4) is 0 Å². The Morgan fingerprint density at radius 3 is 1.37 bits per heavy atom. The monoisotopic (exact) mass is 567 g/mol. The van der Waals surface area contributed by atoms with Gasteiger partial charge in [0.15, 0.2) is 0 Å². The standard InChI is InChI=1S/C24H20B.C16H28N2/c1-5-13-21(14-6-1)25(22-15-7-2-8-16-22,23-17-9-3-10-18-23)24-19-11-4-12-20-24;1-2-4-8-12-15(11-7-3-1)16-13-9-5-6-10-14-17-18-16/h1-20H;11,17H,1-10,12-14H2/q-1;/b;15-11+,18-16-. The Morgan fingerprint density at radius 2 is 0.860 bits per heavy atom. The van der Waals surface area contributed by atoms with E-state index in [0.717, 1.165) is 6.54 Å². The maximum Gasteiger partial charge on any atom is 0.108 e. The van der Waals surface area contributed by atoms with Gasteiger partial charge in [0.2, 0.25) is 0 Å². The van der Waals surface area contributed by atoms with Crippen molar-refractivity contribution in [3.05, 3.63) is 133 Å². The normalized spacial score (nSPS) is 19.0. The summed E-state index contributed by atoms with van der Waals surface area (Å²) in [6, 6.07) is 43.5. The first-order chi connectivity index (χ1) is 21.4. The van der Waals surface area contributed by atoms with Gasteiger partial charge < -0.3 is 5.43 Å². The van der Waals surface area contributed by atoms with Crippen LogP contribution in [0, 0.1) is 0 Å². The molecule has 0 saturated heterocycles. The van der Waals surface area contributed by atoms with Crippen molar-refractivity contribution in [1.29, 1.82) is 0 Å². The average molecular weight is 568 g/mol. The maximum atomic E-state index is 4.67. The zero-order valence-corrected chi connectivity index (χ0v) is 25.8. The summed E-state index contributed by atoms with van der Waals surface area (Å²) < 4.78 is 0. The Hall–Kier alpha value is -3.85. The molecule has 0 amide bonds. The van der Waals surface area contributed by atoms with Crippen LogP contribution in [0.25, 0.3) is 0 Å². The third kappa shape index (κ3) is 8.17. The van der Waals surface area contributed by atoms with E-state index in [1.54, 1.807) is 5.57 Å². The van der Waals surface area contributed by atoms with Crippen LogP contribution in [0.5, 0.6) is 0 Å². The highest BCUT2D eigenvalue weighted by molar-refractivity contribution is 7.19. The topological polar surface area (TPSA) is 24.4 Å². The number of hydrogen-bond donors (Lipinski definition) is 1. The summed E-state index contributed by atoms with van der Waals surface area (Å²) >= 11 is 0. The fourth-order valence-electron chi connectivity index (χ4n) is 7.04. The van der Waals surface area contributed by atoms with E-state index in [1.165, 1.54) is 105 Å². The van der Waals surface area contributed by atoms with E-state index < -0.39 is 6.15 Å². The second-order valence-electron chi connectivity index (χ2n) is 12.2. The number of allylic oxidation sites excluding steroid dienone is 2. The highest BCUT2D eigenvalue weighted by Crippen LogP contribution is 2.21. The summed E-state index contributed by atoms with van der Waals surface area (Å²) in [5.41, 5.74) is 11.5. The molecule has 0 atom stereocenters. The number of nitrogens with one attached hydrogen (secondary N) is 1. The van der Waals surface area contributed by atoms with Gasteiger partial charge in [-0.15, -0.1) is 0 Å². The van der Waals surface area contributed by atoms with Gasteiger partial charge in [-0.25, -0.2) is 0 Å². The van der Waals surface area contributed by atoms with Gasteiger partial charge in [0, 0.05) is 6.54 Å². The van der Waals surface area contributed by atoms with Crippen molar-refractivity contribution in [3.63, 3.8) is 0 Å². The molecule has 222 valence electrons. The second kappa shape index (κ2) is 16.7. The van der Waals surface area contributed by atoms with Gasteiger partial charge in [-0.2, -0.15) is 27.0 Å². The van der Waals surface area contributed by atoms with Gasteiger partial charge in [-0.05, 0) is 50.5 Å². The first-order valence-electron chi connectivity index (χ1n) is 16.8. The van der Waals surface area contributed by atoms with E-state index in [2.05, 4.69) is 138 Å². The molecule has 0 bridgehead atoms. The summed E-state index contributed by atoms with van der Waals surface area (Å²) in [6.45, 7) is 1.05. The Labute approximate surface area is 260 Å². The lowest BCUT2D eigenvalue weighted by molar-refractivity contribution is 0.623. The fraction of sp³-hybridized carbons (Fsp3) is 0.325. The predicted molar refractivity (Wildman–Crippen MR) is 189 cm³/mol. The highest BCUT2D eigenvalue weighted by Gasteiger charge is 2.31. The minimum Gasteiger partial charge on any atom is -0.310 e. The first-order valence-corrected chi connectivity index (χ1v) is 16.8. The molecule has 0 radical (unpaired) electrons. The van der Waals surface area contributed by atoms with Gasteiger partial charge in [0.1, 0.15) is 6.15 Å². The van der Waals surface area contributed by atoms with Crippen LogP contribution in [0.4, 0.5) is 0 Å². The molecule has 1 heterocycles. The van der Waals surface area contributed by atoms with Gasteiger partial charge in [-0.3, -0.25) is 0 Å². The summed E-state index contributed by atoms with van der Waals surface area (Å²) in [5, 5.41) is 4.67. The summed E-state index contributed by atoms with van der Waals surface area (Å²) in [4.78, 5) is 0. The highest BCUT2D eigenvalue weighted by atomic mass is 15.3. The zero-order valence-electron chi connectivity index (χ0n) is 25.8. The van der Waals surface area contributed by atoms with E-state index >= 15 is 0 Å². The van der Waals surface area contributed by atoms with E-state index in [4.69, 9.17) is 0 Å². The maximum absolute atomic E-state index is 4.67. The van der Waals surface area contributed by atoms with Gasteiger partial charge in [0.05, 0.1) is 5.71 Å². The van der Waals surface area contributed by atoms with Crippen LogP contribution in [0.2, 0.25) is 0 Å². The van der Waals surface area contributed by atoms with Crippen LogP contribution < -0.4 is 27.3 Å². The van der Waals surface area contributed by atoms with Crippen molar-refractivity contribution >= 4 is 33.7 Å². The first kappa shape index (κ1) is 30.6. The molecule has 2 nitrogen and oxygen atoms in total. The van der Waals surface area contributed by atoms with E-state index in [9.17, 15) is 0 Å². The van der Waals surface area contributed by atoms with E-state index in [-0.39, 0.29) is 0 Å². The molecule has 0 fully saturated rings. The molecule has 6 rings (SSSR count). The average Bonchev–Trinajstić information content (AvgIpc) is 3.31. The zero-order chi connectivity index (χ0) is 29.4. The van der Waals surface area contributed by atoms with Crippen LogP contribution >= 0.6 is 0 Å². The Bertz CT molecular complexity index is 1200. The summed E-state index contributed by atoms with van der Waals surface area (Å²) in [7, 11) is 0. The summed E-state index contributed by atoms with van der Waals surface area (Å²) in [5.74, 6) is 0. The van der Waals surface area contributed by atoms with E-state index in [1.807, 2.05) is 0 Å². The van der Waals surface area contributed by atoms with Gasteiger partial charge in [0.25, 0.3) is 0 Å². The lowest BCUT2D eigenvalue weighted by atomic mass is 9.13. The molecular weight excluding hydrogens is 519 g/mol. The van der Waals surface area contributed by atoms with Crippen molar-refractivity contribution in [2.24, 2.45) is 5.10 Å². The molecule has 0 spiro atoms. The molecule has 1 aliphatic carbocycles. The smallest absolute Gasteiger partial charge is 0.108 e. The number of benzene rings is 4. The number of rotatable bonds is 5. The van der Waals surface area contributed by atoms with Gasteiger partial charge in [-0.1, -0.05) is 160 Å². The molecule has 4 aromatic carbocycles. The number of hydrazone groups is 1. The molecule has 3 heteroatoms. The predicted octanol–water partition coefficient (Wildman–Crippen LogP) is 7.63. The van der Waals surface area contributed by atoms with Crippen LogP contribution in [-0.2, 0) is 0 Å². The second-order valence-corrected chi connectivity index (χ2v) is 12.2. The van der Waals surface area contributed by atoms with Crippen molar-refractivity contribution < 1.29 is 0 Å². The Kier molecular flexibility index (Phi) is 11.9. The summed E-state index contributed by atoms with van der Waals surface area (Å²) in [6.07, 6.45) is 17.2. The third-order valence-corrected chi connectivity index (χ3v) is 9.28. The number of nitrogens with zero attached hydrogens (tertiary/aromatic N) is 1. The van der Waals surface area contributed by atoms with Crippen LogP contribution in [-0.4, -0.2) is 18.4 Å². The molecule has 0 aromatic heterocycles. The quantitative estimate of drug-likeness (QED) is 0.247. The molecule has 43 heavy (non-hydrogen) atoms. The SMILES string of the molecule is C1=C(/C2=N\NCCCCCC2)CCCCCCC/1.c1ccc([B-](c2ccccc2)(c2ccccc2)c2ccccc2)cc1. The molecule has 1 aliphatic heterocycles. The van der Waals surface area contributed by atoms with Crippen LogP contribution in [0.1, 0.15) is 77.0 Å². The van der Waals surface area contributed by atoms with Crippen molar-refractivity contribution in [1.82, 2.24) is 5.43 Å². The molecular formula is C40H48BN2-. The molecule has 0 unspecified atom stereocenters. The molecule has 1 N–H and O–H groups in total. The number of hydrogen-bond acceptors (Lipinski definition) is 2. The van der Waals surface area contributed by atoms with E-state index in [0.29, 0.717) is 0 Å². The van der Waals surface area contributed by atoms with Crippen LogP contribution in [0.15, 0.2) is 138 Å². The van der Waals surface area contributed by atoms with Crippen molar-refractivity contribution in [2.45, 2.75) is 77.0 Å².